The Bertz CT molecular complexity index is 1360. The molecule has 0 aliphatic heterocycles. The molecule has 0 atom stereocenters. The number of amides is 1. The number of hydrogen-bond acceptors (Lipinski definition) is 5. The summed E-state index contributed by atoms with van der Waals surface area (Å²) < 4.78 is 13.2. The van der Waals surface area contributed by atoms with Crippen molar-refractivity contribution in [2.45, 2.75) is 46.5 Å². The van der Waals surface area contributed by atoms with Gasteiger partial charge in [0.2, 0.25) is 0 Å². The van der Waals surface area contributed by atoms with Crippen LogP contribution in [0.2, 0.25) is 0 Å². The Morgan fingerprint density at radius 3 is 2.23 bits per heavy atom. The molecule has 1 amide bonds. The average Bonchev–Trinajstić information content (AvgIpc) is 2.83. The van der Waals surface area contributed by atoms with E-state index in [2.05, 4.69) is 92.9 Å². The third kappa shape index (κ3) is 9.29. The van der Waals surface area contributed by atoms with Gasteiger partial charge in [0.1, 0.15) is 5.75 Å². The lowest BCUT2D eigenvalue weighted by molar-refractivity contribution is -0.123. The van der Waals surface area contributed by atoms with Crippen LogP contribution in [0.4, 0.5) is 0 Å². The molecule has 0 saturated heterocycles. The van der Waals surface area contributed by atoms with Crippen LogP contribution in [-0.4, -0.2) is 24.7 Å². The molecular formula is C30H31Br3N2O4. The molecular weight excluding hydrogens is 692 g/mol. The highest BCUT2D eigenvalue weighted by Crippen LogP contribution is 2.37. The van der Waals surface area contributed by atoms with Crippen LogP contribution in [0.25, 0.3) is 0 Å². The van der Waals surface area contributed by atoms with Crippen LogP contribution in [0.3, 0.4) is 0 Å². The Morgan fingerprint density at radius 2 is 1.59 bits per heavy atom. The molecule has 0 aliphatic rings. The van der Waals surface area contributed by atoms with Crippen molar-refractivity contribution in [1.29, 1.82) is 0 Å². The third-order valence-corrected chi connectivity index (χ3v) is 7.43. The van der Waals surface area contributed by atoms with Crippen molar-refractivity contribution in [1.82, 2.24) is 5.43 Å². The number of ether oxygens (including phenoxy) is 2. The number of carbonyl (C=O) groups is 2. The Kier molecular flexibility index (Phi) is 10.5. The molecule has 39 heavy (non-hydrogen) atoms. The topological polar surface area (TPSA) is 77.0 Å². The van der Waals surface area contributed by atoms with E-state index in [1.54, 1.807) is 30.3 Å². The number of nitrogens with zero attached hydrogens (tertiary/aromatic N) is 1. The average molecular weight is 723 g/mol. The van der Waals surface area contributed by atoms with Crippen molar-refractivity contribution in [3.63, 3.8) is 0 Å². The van der Waals surface area contributed by atoms with Crippen molar-refractivity contribution < 1.29 is 19.1 Å². The Hall–Kier alpha value is -2.49. The highest BCUT2D eigenvalue weighted by Gasteiger charge is 2.27. The summed E-state index contributed by atoms with van der Waals surface area (Å²) in [7, 11) is 0. The van der Waals surface area contributed by atoms with E-state index in [1.165, 1.54) is 11.8 Å². The zero-order valence-corrected chi connectivity index (χ0v) is 27.2. The molecule has 0 fully saturated rings. The fourth-order valence-electron chi connectivity index (χ4n) is 4.34. The number of hydrogen-bond donors (Lipinski definition) is 1. The molecule has 3 rings (SSSR count). The number of halogens is 3. The smallest absolute Gasteiger partial charge is 0.344 e. The molecule has 0 saturated carbocycles. The molecule has 0 radical (unpaired) electrons. The molecule has 0 bridgehead atoms. The highest BCUT2D eigenvalue weighted by atomic mass is 79.9. The molecule has 3 aromatic carbocycles. The standard InChI is InChI=1S/C30H31Br3N2O4/c1-29(2,3)18-30(4,5)20-10-12-22(13-11-20)38-17-26(36)35-34-16-19-14-21(31)15-25(33)27(19)39-28(37)23-8-6-7-9-24(23)32/h6-16H,17-18H2,1-5H3,(H,35,36)/b34-16+. The van der Waals surface area contributed by atoms with Gasteiger partial charge in [-0.1, -0.05) is 74.8 Å². The summed E-state index contributed by atoms with van der Waals surface area (Å²) in [5.74, 6) is -0.0982. The summed E-state index contributed by atoms with van der Waals surface area (Å²) >= 11 is 10.2. The molecule has 0 spiro atoms. The van der Waals surface area contributed by atoms with Gasteiger partial charge >= 0.3 is 5.97 Å². The van der Waals surface area contributed by atoms with Gasteiger partial charge in [-0.25, -0.2) is 10.2 Å². The first kappa shape index (κ1) is 31.0. The van der Waals surface area contributed by atoms with E-state index in [4.69, 9.17) is 9.47 Å². The van der Waals surface area contributed by atoms with Crippen LogP contribution >= 0.6 is 47.8 Å². The van der Waals surface area contributed by atoms with E-state index in [1.807, 2.05) is 30.3 Å². The minimum absolute atomic E-state index is 0.0229. The zero-order chi connectivity index (χ0) is 28.8. The second-order valence-corrected chi connectivity index (χ2v) is 13.5. The van der Waals surface area contributed by atoms with Crippen LogP contribution in [0.5, 0.6) is 11.5 Å². The molecule has 0 aromatic heterocycles. The number of nitrogens with one attached hydrogen (secondary N) is 1. The fourth-order valence-corrected chi connectivity index (χ4v) is 6.13. The summed E-state index contributed by atoms with van der Waals surface area (Å²) in [6.07, 6.45) is 2.45. The summed E-state index contributed by atoms with van der Waals surface area (Å²) in [5.41, 5.74) is 4.76. The molecule has 206 valence electrons. The minimum atomic E-state index is -0.537. The van der Waals surface area contributed by atoms with Gasteiger partial charge in [-0.2, -0.15) is 5.10 Å². The van der Waals surface area contributed by atoms with Gasteiger partial charge in [0.05, 0.1) is 16.3 Å². The first-order valence-electron chi connectivity index (χ1n) is 12.3. The lowest BCUT2D eigenvalue weighted by Crippen LogP contribution is -2.25. The van der Waals surface area contributed by atoms with Gasteiger partial charge < -0.3 is 9.47 Å². The second kappa shape index (κ2) is 13.2. The predicted molar refractivity (Wildman–Crippen MR) is 166 cm³/mol. The van der Waals surface area contributed by atoms with E-state index in [0.717, 1.165) is 10.9 Å². The van der Waals surface area contributed by atoms with E-state index in [9.17, 15) is 9.59 Å². The Balaban J connectivity index is 1.61. The largest absolute Gasteiger partial charge is 0.484 e. The highest BCUT2D eigenvalue weighted by molar-refractivity contribution is 9.11. The zero-order valence-electron chi connectivity index (χ0n) is 22.5. The van der Waals surface area contributed by atoms with E-state index >= 15 is 0 Å². The van der Waals surface area contributed by atoms with Crippen LogP contribution < -0.4 is 14.9 Å². The maximum Gasteiger partial charge on any atom is 0.344 e. The molecule has 6 nitrogen and oxygen atoms in total. The van der Waals surface area contributed by atoms with Crippen molar-refractivity contribution in [2.24, 2.45) is 10.5 Å². The lowest BCUT2D eigenvalue weighted by Gasteiger charge is -2.33. The maximum atomic E-state index is 12.7. The van der Waals surface area contributed by atoms with Crippen LogP contribution in [0.15, 0.2) is 79.2 Å². The van der Waals surface area contributed by atoms with Gasteiger partial charge in [-0.3, -0.25) is 4.79 Å². The lowest BCUT2D eigenvalue weighted by atomic mass is 9.72. The Labute approximate surface area is 254 Å². The first-order valence-corrected chi connectivity index (χ1v) is 14.6. The predicted octanol–water partition coefficient (Wildman–Crippen LogP) is 8.44. The summed E-state index contributed by atoms with van der Waals surface area (Å²) in [6.45, 7) is 11.0. The summed E-state index contributed by atoms with van der Waals surface area (Å²) in [6, 6.07) is 18.3. The SMILES string of the molecule is CC(C)(C)CC(C)(C)c1ccc(OCC(=O)N/N=C/c2cc(Br)cc(Br)c2OC(=O)c2ccccc2Br)cc1. The van der Waals surface area contributed by atoms with Crippen LogP contribution in [0, 0.1) is 5.41 Å². The normalized spacial score (nSPS) is 11.9. The van der Waals surface area contributed by atoms with Gasteiger partial charge in [0, 0.05) is 14.5 Å². The van der Waals surface area contributed by atoms with Crippen molar-refractivity contribution >= 4 is 65.9 Å². The maximum absolute atomic E-state index is 12.7. The van der Waals surface area contributed by atoms with E-state index < -0.39 is 11.9 Å². The van der Waals surface area contributed by atoms with Crippen LogP contribution in [0.1, 0.15) is 62.5 Å². The monoisotopic (exact) mass is 720 g/mol. The van der Waals surface area contributed by atoms with Crippen LogP contribution in [-0.2, 0) is 10.2 Å². The van der Waals surface area contributed by atoms with Crippen molar-refractivity contribution in [3.05, 3.63) is 90.8 Å². The van der Waals surface area contributed by atoms with E-state index in [0.29, 0.717) is 25.8 Å². The van der Waals surface area contributed by atoms with Gasteiger partial charge in [-0.15, -0.1) is 0 Å². The molecule has 0 aliphatic carbocycles. The van der Waals surface area contributed by atoms with E-state index in [-0.39, 0.29) is 23.2 Å². The summed E-state index contributed by atoms with van der Waals surface area (Å²) in [4.78, 5) is 25.1. The molecule has 0 unspecified atom stereocenters. The molecule has 1 N–H and O–H groups in total. The first-order chi connectivity index (χ1) is 18.2. The van der Waals surface area contributed by atoms with Gasteiger partial charge in [0.25, 0.3) is 5.91 Å². The number of rotatable bonds is 9. The second-order valence-electron chi connectivity index (χ2n) is 10.9. The van der Waals surface area contributed by atoms with Gasteiger partial charge in [0.15, 0.2) is 12.4 Å². The van der Waals surface area contributed by atoms with Crippen molar-refractivity contribution in [3.8, 4) is 11.5 Å². The quantitative estimate of drug-likeness (QED) is 0.104. The molecule has 0 heterocycles. The third-order valence-electron chi connectivity index (χ3n) is 5.70. The summed E-state index contributed by atoms with van der Waals surface area (Å²) in [5, 5.41) is 4.03. The molecule has 3 aromatic rings. The fraction of sp³-hybridized carbons (Fsp3) is 0.300. The number of benzene rings is 3. The number of carbonyl (C=O) groups excluding carboxylic acids is 2. The minimum Gasteiger partial charge on any atom is -0.484 e. The molecule has 9 heteroatoms. The Morgan fingerprint density at radius 1 is 0.923 bits per heavy atom. The number of hydrazone groups is 1. The van der Waals surface area contributed by atoms with Gasteiger partial charge in [-0.05, 0) is 91.1 Å². The number of esters is 1. The van der Waals surface area contributed by atoms with Crippen molar-refractivity contribution in [2.75, 3.05) is 6.61 Å².